The van der Waals surface area contributed by atoms with Gasteiger partial charge in [0.05, 0.1) is 0 Å². The average Bonchev–Trinajstić information content (AvgIpc) is 2.88. The molecule has 0 N–H and O–H groups in total. The van der Waals surface area contributed by atoms with E-state index in [-0.39, 0.29) is 0 Å². The highest BCUT2D eigenvalue weighted by atomic mass is 15.1. The van der Waals surface area contributed by atoms with Crippen molar-refractivity contribution in [3.05, 3.63) is 35.4 Å². The lowest BCUT2D eigenvalue weighted by Gasteiger charge is -2.20. The largest absolute Gasteiger partial charge is 0.371 e. The van der Waals surface area contributed by atoms with E-state index in [0.29, 0.717) is 0 Å². The molecule has 72 valence electrons. The Morgan fingerprint density at radius 3 is 2.79 bits per heavy atom. The molecule has 0 radical (unpaired) electrons. The maximum atomic E-state index is 2.52. The molecule has 3 rings (SSSR count). The summed E-state index contributed by atoms with van der Waals surface area (Å²) in [6.07, 6.45) is 8.38. The standard InChI is InChI=1S/C13H15N/c1-2-10-14(9-1)13-8-4-6-11-5-3-7-12(11)13/h3-4,6-8H,1-2,5,9-10H2. The van der Waals surface area contributed by atoms with Gasteiger partial charge in [-0.25, -0.2) is 0 Å². The molecule has 1 aromatic carbocycles. The van der Waals surface area contributed by atoms with Crippen LogP contribution in [-0.4, -0.2) is 13.1 Å². The monoisotopic (exact) mass is 185 g/mol. The SMILES string of the molecule is C1=Cc2c(cccc2N2CCCC2)C1. The van der Waals surface area contributed by atoms with Crippen molar-refractivity contribution in [2.75, 3.05) is 18.0 Å². The number of nitrogens with zero attached hydrogens (tertiary/aromatic N) is 1. The number of hydrogen-bond acceptors (Lipinski definition) is 1. The van der Waals surface area contributed by atoms with Gasteiger partial charge < -0.3 is 4.90 Å². The van der Waals surface area contributed by atoms with Gasteiger partial charge in [0.1, 0.15) is 0 Å². The first-order chi connectivity index (χ1) is 6.95. The highest BCUT2D eigenvalue weighted by Crippen LogP contribution is 2.31. The second-order valence-corrected chi connectivity index (χ2v) is 4.15. The molecule has 1 saturated heterocycles. The molecule has 1 aliphatic heterocycles. The van der Waals surface area contributed by atoms with Gasteiger partial charge in [0.15, 0.2) is 0 Å². The van der Waals surface area contributed by atoms with Crippen LogP contribution in [-0.2, 0) is 6.42 Å². The van der Waals surface area contributed by atoms with E-state index >= 15 is 0 Å². The van der Waals surface area contributed by atoms with E-state index in [1.807, 2.05) is 0 Å². The number of anilines is 1. The van der Waals surface area contributed by atoms with Gasteiger partial charge in [-0.05, 0) is 30.9 Å². The Kier molecular flexibility index (Phi) is 1.83. The summed E-state index contributed by atoms with van der Waals surface area (Å²) in [5, 5.41) is 0. The third-order valence-corrected chi connectivity index (χ3v) is 3.24. The normalized spacial score (nSPS) is 19.0. The molecule has 0 atom stereocenters. The van der Waals surface area contributed by atoms with Crippen molar-refractivity contribution in [1.82, 2.24) is 0 Å². The summed E-state index contributed by atoms with van der Waals surface area (Å²) in [6.45, 7) is 2.48. The van der Waals surface area contributed by atoms with Crippen LogP contribution in [0.25, 0.3) is 6.08 Å². The van der Waals surface area contributed by atoms with Gasteiger partial charge in [-0.3, -0.25) is 0 Å². The first-order valence-electron chi connectivity index (χ1n) is 5.48. The van der Waals surface area contributed by atoms with Crippen LogP contribution >= 0.6 is 0 Å². The summed E-state index contributed by atoms with van der Waals surface area (Å²) >= 11 is 0. The maximum Gasteiger partial charge on any atom is 0.0442 e. The maximum absolute atomic E-state index is 2.52. The second-order valence-electron chi connectivity index (χ2n) is 4.15. The minimum Gasteiger partial charge on any atom is -0.371 e. The zero-order valence-electron chi connectivity index (χ0n) is 8.37. The lowest BCUT2D eigenvalue weighted by molar-refractivity contribution is 0.949. The van der Waals surface area contributed by atoms with Crippen molar-refractivity contribution in [1.29, 1.82) is 0 Å². The van der Waals surface area contributed by atoms with E-state index in [4.69, 9.17) is 0 Å². The van der Waals surface area contributed by atoms with E-state index in [1.54, 1.807) is 0 Å². The average molecular weight is 185 g/mol. The lowest BCUT2D eigenvalue weighted by atomic mass is 10.1. The van der Waals surface area contributed by atoms with Crippen molar-refractivity contribution >= 4 is 11.8 Å². The molecule has 0 aromatic heterocycles. The van der Waals surface area contributed by atoms with Crippen molar-refractivity contribution in [3.8, 4) is 0 Å². The molecule has 1 nitrogen and oxygen atoms in total. The second kappa shape index (κ2) is 3.16. The Labute approximate surface area is 85.0 Å². The van der Waals surface area contributed by atoms with Crippen LogP contribution in [0, 0.1) is 0 Å². The van der Waals surface area contributed by atoms with E-state index in [9.17, 15) is 0 Å². The Morgan fingerprint density at radius 1 is 1.07 bits per heavy atom. The molecule has 0 bridgehead atoms. The van der Waals surface area contributed by atoms with Gasteiger partial charge in [-0.15, -0.1) is 0 Å². The molecule has 1 heterocycles. The predicted molar refractivity (Wildman–Crippen MR) is 60.6 cm³/mol. The van der Waals surface area contributed by atoms with Crippen molar-refractivity contribution in [3.63, 3.8) is 0 Å². The van der Waals surface area contributed by atoms with Crippen LogP contribution in [0.15, 0.2) is 24.3 Å². The summed E-state index contributed by atoms with van der Waals surface area (Å²) in [4.78, 5) is 2.52. The number of fused-ring (bicyclic) bond motifs is 1. The van der Waals surface area contributed by atoms with Crippen molar-refractivity contribution in [2.24, 2.45) is 0 Å². The van der Waals surface area contributed by atoms with Crippen molar-refractivity contribution < 1.29 is 0 Å². The quantitative estimate of drug-likeness (QED) is 0.650. The molecule has 1 aromatic rings. The fourth-order valence-corrected chi connectivity index (χ4v) is 2.51. The molecular formula is C13H15N. The van der Waals surface area contributed by atoms with Crippen LogP contribution in [0.2, 0.25) is 0 Å². The highest BCUT2D eigenvalue weighted by Gasteiger charge is 2.17. The van der Waals surface area contributed by atoms with E-state index in [0.717, 1.165) is 6.42 Å². The van der Waals surface area contributed by atoms with Crippen LogP contribution in [0.3, 0.4) is 0 Å². The predicted octanol–water partition coefficient (Wildman–Crippen LogP) is 2.86. The van der Waals surface area contributed by atoms with E-state index in [1.165, 1.54) is 42.7 Å². The molecule has 0 spiro atoms. The fourth-order valence-electron chi connectivity index (χ4n) is 2.51. The van der Waals surface area contributed by atoms with Crippen LogP contribution in [0.1, 0.15) is 24.0 Å². The summed E-state index contributed by atoms with van der Waals surface area (Å²) in [5.41, 5.74) is 4.41. The smallest absolute Gasteiger partial charge is 0.0442 e. The van der Waals surface area contributed by atoms with Crippen LogP contribution in [0.4, 0.5) is 5.69 Å². The van der Waals surface area contributed by atoms with Gasteiger partial charge >= 0.3 is 0 Å². The minimum absolute atomic E-state index is 1.12. The van der Waals surface area contributed by atoms with E-state index in [2.05, 4.69) is 35.3 Å². The zero-order chi connectivity index (χ0) is 9.38. The van der Waals surface area contributed by atoms with Gasteiger partial charge in [0, 0.05) is 24.3 Å². The first kappa shape index (κ1) is 8.10. The summed E-state index contributed by atoms with van der Waals surface area (Å²) in [5.74, 6) is 0. The Hall–Kier alpha value is -1.24. The van der Waals surface area contributed by atoms with Crippen LogP contribution < -0.4 is 4.90 Å². The van der Waals surface area contributed by atoms with Gasteiger partial charge in [-0.2, -0.15) is 0 Å². The summed E-state index contributed by atoms with van der Waals surface area (Å²) in [7, 11) is 0. The number of hydrogen-bond donors (Lipinski definition) is 0. The summed E-state index contributed by atoms with van der Waals surface area (Å²) < 4.78 is 0. The molecule has 0 unspecified atom stereocenters. The number of allylic oxidation sites excluding steroid dienone is 1. The Balaban J connectivity index is 2.04. The molecule has 0 amide bonds. The number of rotatable bonds is 1. The molecule has 0 saturated carbocycles. The molecule has 1 heteroatoms. The molecule has 1 aliphatic carbocycles. The van der Waals surface area contributed by atoms with Gasteiger partial charge in [0.2, 0.25) is 0 Å². The minimum atomic E-state index is 1.12. The third-order valence-electron chi connectivity index (χ3n) is 3.24. The zero-order valence-corrected chi connectivity index (χ0v) is 8.37. The van der Waals surface area contributed by atoms with Gasteiger partial charge in [-0.1, -0.05) is 24.3 Å². The molecule has 2 aliphatic rings. The molecule has 14 heavy (non-hydrogen) atoms. The lowest BCUT2D eigenvalue weighted by Crippen LogP contribution is -2.18. The third kappa shape index (κ3) is 1.16. The molecule has 1 fully saturated rings. The van der Waals surface area contributed by atoms with E-state index < -0.39 is 0 Å². The summed E-state index contributed by atoms with van der Waals surface area (Å²) in [6, 6.07) is 6.70. The first-order valence-corrected chi connectivity index (χ1v) is 5.48. The van der Waals surface area contributed by atoms with Gasteiger partial charge in [0.25, 0.3) is 0 Å². The fraction of sp³-hybridized carbons (Fsp3) is 0.385. The topological polar surface area (TPSA) is 3.24 Å². The Morgan fingerprint density at radius 2 is 1.93 bits per heavy atom. The highest BCUT2D eigenvalue weighted by molar-refractivity contribution is 5.74. The number of benzene rings is 1. The molecular weight excluding hydrogens is 170 g/mol. The Bertz CT molecular complexity index is 373. The van der Waals surface area contributed by atoms with Crippen LogP contribution in [0.5, 0.6) is 0 Å². The van der Waals surface area contributed by atoms with Crippen molar-refractivity contribution in [2.45, 2.75) is 19.3 Å².